The lowest BCUT2D eigenvalue weighted by Crippen LogP contribution is -2.46. The molecule has 4 rings (SSSR count). The highest BCUT2D eigenvalue weighted by Crippen LogP contribution is 2.36. The second-order valence-corrected chi connectivity index (χ2v) is 7.36. The van der Waals surface area contributed by atoms with Gasteiger partial charge >= 0.3 is 0 Å². The molecule has 5 heteroatoms. The summed E-state index contributed by atoms with van der Waals surface area (Å²) in [5.74, 6) is 0.623. The van der Waals surface area contributed by atoms with E-state index in [1.54, 1.807) is 5.06 Å². The van der Waals surface area contributed by atoms with E-state index in [1.807, 2.05) is 0 Å². The molecule has 1 aliphatic carbocycles. The van der Waals surface area contributed by atoms with Gasteiger partial charge in [-0.05, 0) is 51.0 Å². The maximum absolute atomic E-state index is 12.5. The lowest BCUT2D eigenvalue weighted by atomic mass is 9.90. The van der Waals surface area contributed by atoms with Crippen LogP contribution in [0.3, 0.4) is 0 Å². The molecule has 3 aliphatic heterocycles. The van der Waals surface area contributed by atoms with Crippen molar-refractivity contribution in [1.82, 2.24) is 9.96 Å². The van der Waals surface area contributed by atoms with Crippen molar-refractivity contribution in [3.63, 3.8) is 0 Å². The molecule has 4 fully saturated rings. The molecule has 0 spiro atoms. The fourth-order valence-electron chi connectivity index (χ4n) is 4.65. The van der Waals surface area contributed by atoms with E-state index in [9.17, 15) is 4.79 Å². The maximum atomic E-state index is 12.5. The Kier molecular flexibility index (Phi) is 4.38. The minimum Gasteiger partial charge on any atom is -0.363 e. The van der Waals surface area contributed by atoms with Gasteiger partial charge in [0.05, 0.1) is 12.7 Å². The molecule has 4 aliphatic rings. The summed E-state index contributed by atoms with van der Waals surface area (Å²) in [5, 5.41) is 1.56. The number of likely N-dealkylation sites (tertiary alicyclic amines) is 1. The first-order valence-corrected chi connectivity index (χ1v) is 9.15. The van der Waals surface area contributed by atoms with Crippen molar-refractivity contribution in [2.75, 3.05) is 26.2 Å². The van der Waals surface area contributed by atoms with Crippen LogP contribution in [0, 0.1) is 5.92 Å². The van der Waals surface area contributed by atoms with Crippen molar-refractivity contribution in [2.45, 2.75) is 69.6 Å². The molecule has 3 atom stereocenters. The number of hydroxylamine groups is 2. The van der Waals surface area contributed by atoms with Gasteiger partial charge in [-0.2, -0.15) is 0 Å². The smallest absolute Gasteiger partial charge is 0.275 e. The summed E-state index contributed by atoms with van der Waals surface area (Å²) in [6, 6.07) is 0.768. The summed E-state index contributed by atoms with van der Waals surface area (Å²) >= 11 is 0. The highest BCUT2D eigenvalue weighted by molar-refractivity contribution is 5.80. The Labute approximate surface area is 132 Å². The molecule has 3 heterocycles. The number of piperidine rings is 1. The van der Waals surface area contributed by atoms with Crippen molar-refractivity contribution in [2.24, 2.45) is 5.92 Å². The summed E-state index contributed by atoms with van der Waals surface area (Å²) in [6.07, 6.45) is 9.62. The quantitative estimate of drug-likeness (QED) is 0.782. The number of carbonyl (C=O) groups is 1. The van der Waals surface area contributed by atoms with E-state index >= 15 is 0 Å². The highest BCUT2D eigenvalue weighted by Gasteiger charge is 2.44. The second kappa shape index (κ2) is 6.46. The summed E-state index contributed by atoms with van der Waals surface area (Å²) in [7, 11) is 0. The van der Waals surface area contributed by atoms with Crippen LogP contribution < -0.4 is 0 Å². The van der Waals surface area contributed by atoms with E-state index in [2.05, 4.69) is 4.90 Å². The molecule has 1 saturated carbocycles. The normalized spacial score (nSPS) is 37.5. The number of hydrogen-bond donors (Lipinski definition) is 0. The Morgan fingerprint density at radius 3 is 2.64 bits per heavy atom. The van der Waals surface area contributed by atoms with Crippen molar-refractivity contribution < 1.29 is 14.4 Å². The Bertz CT molecular complexity index is 405. The van der Waals surface area contributed by atoms with Gasteiger partial charge in [-0.1, -0.05) is 12.8 Å². The number of fused-ring (bicyclic) bond motifs is 1. The van der Waals surface area contributed by atoms with Gasteiger partial charge in [-0.25, -0.2) is 5.06 Å². The fraction of sp³-hybridized carbons (Fsp3) is 0.941. The minimum absolute atomic E-state index is 0.0570. The van der Waals surface area contributed by atoms with Gasteiger partial charge in [-0.3, -0.25) is 14.5 Å². The lowest BCUT2D eigenvalue weighted by molar-refractivity contribution is -0.206. The van der Waals surface area contributed by atoms with Gasteiger partial charge in [-0.15, -0.1) is 0 Å². The fourth-order valence-corrected chi connectivity index (χ4v) is 4.65. The molecule has 22 heavy (non-hydrogen) atoms. The molecule has 0 bridgehead atoms. The Morgan fingerprint density at radius 2 is 1.86 bits per heavy atom. The third kappa shape index (κ3) is 2.91. The van der Waals surface area contributed by atoms with E-state index in [0.29, 0.717) is 12.5 Å². The average Bonchev–Trinajstić information content (AvgIpc) is 3.23. The summed E-state index contributed by atoms with van der Waals surface area (Å²) in [5.41, 5.74) is 0. The average molecular weight is 308 g/mol. The van der Waals surface area contributed by atoms with Crippen molar-refractivity contribution in [3.05, 3.63) is 0 Å². The minimum atomic E-state index is -0.267. The van der Waals surface area contributed by atoms with Crippen molar-refractivity contribution >= 4 is 5.91 Å². The Hall–Kier alpha value is -0.650. The molecule has 0 unspecified atom stereocenters. The first-order valence-electron chi connectivity index (χ1n) is 9.15. The van der Waals surface area contributed by atoms with E-state index in [1.165, 1.54) is 38.6 Å². The predicted octanol–water partition coefficient (Wildman–Crippen LogP) is 1.96. The summed E-state index contributed by atoms with van der Waals surface area (Å²) < 4.78 is 6.16. The molecule has 0 radical (unpaired) electrons. The van der Waals surface area contributed by atoms with Crippen molar-refractivity contribution in [3.8, 4) is 0 Å². The van der Waals surface area contributed by atoms with Gasteiger partial charge in [0, 0.05) is 19.1 Å². The molecule has 0 aromatic heterocycles. The van der Waals surface area contributed by atoms with Crippen LogP contribution in [0.1, 0.15) is 51.4 Å². The molecule has 1 amide bonds. The molecule has 124 valence electrons. The number of amides is 1. The van der Waals surface area contributed by atoms with E-state index in [0.717, 1.165) is 38.4 Å². The number of rotatable bonds is 2. The zero-order valence-corrected chi connectivity index (χ0v) is 13.4. The first-order chi connectivity index (χ1) is 10.8. The lowest BCUT2D eigenvalue weighted by Gasteiger charge is -2.37. The monoisotopic (exact) mass is 308 g/mol. The third-order valence-corrected chi connectivity index (χ3v) is 5.95. The summed E-state index contributed by atoms with van der Waals surface area (Å²) in [6.45, 7) is 3.61. The molecule has 0 aromatic carbocycles. The van der Waals surface area contributed by atoms with Gasteiger partial charge in [0.15, 0.2) is 0 Å². The zero-order chi connectivity index (χ0) is 14.9. The van der Waals surface area contributed by atoms with Gasteiger partial charge in [0.25, 0.3) is 5.91 Å². The zero-order valence-electron chi connectivity index (χ0n) is 13.4. The maximum Gasteiger partial charge on any atom is 0.275 e. The van der Waals surface area contributed by atoms with Crippen LogP contribution in [0.4, 0.5) is 0 Å². The SMILES string of the molecule is O=C([C@@H]1C[C@@H]2CCN(C3CCCC3)C[C@H]2O1)N1CCCCO1. The molecule has 3 saturated heterocycles. The second-order valence-electron chi connectivity index (χ2n) is 7.36. The number of hydrogen-bond acceptors (Lipinski definition) is 4. The largest absolute Gasteiger partial charge is 0.363 e. The van der Waals surface area contributed by atoms with Crippen molar-refractivity contribution in [1.29, 1.82) is 0 Å². The molecule has 0 aromatic rings. The Morgan fingerprint density at radius 1 is 1.00 bits per heavy atom. The summed E-state index contributed by atoms with van der Waals surface area (Å²) in [4.78, 5) is 20.7. The van der Waals surface area contributed by atoms with Crippen LogP contribution in [-0.2, 0) is 14.4 Å². The van der Waals surface area contributed by atoms with E-state index < -0.39 is 0 Å². The highest BCUT2D eigenvalue weighted by atomic mass is 16.7. The molecule has 0 N–H and O–H groups in total. The Balaban J connectivity index is 1.34. The van der Waals surface area contributed by atoms with E-state index in [4.69, 9.17) is 9.57 Å². The number of carbonyl (C=O) groups excluding carboxylic acids is 1. The van der Waals surface area contributed by atoms with Crippen LogP contribution in [0.15, 0.2) is 0 Å². The topological polar surface area (TPSA) is 42.0 Å². The third-order valence-electron chi connectivity index (χ3n) is 5.95. The van der Waals surface area contributed by atoms with Crippen LogP contribution >= 0.6 is 0 Å². The molecule has 5 nitrogen and oxygen atoms in total. The number of nitrogens with zero attached hydrogens (tertiary/aromatic N) is 2. The van der Waals surface area contributed by atoms with E-state index in [-0.39, 0.29) is 18.1 Å². The molecular weight excluding hydrogens is 280 g/mol. The molecular formula is C17H28N2O3. The standard InChI is InChI=1S/C17H28N2O3/c20-17(19-8-3-4-10-21-19)15-11-13-7-9-18(12-16(13)22-15)14-5-1-2-6-14/h13-16H,1-12H2/t13-,15-,16+/m0/s1. The predicted molar refractivity (Wildman–Crippen MR) is 82.1 cm³/mol. The van der Waals surface area contributed by atoms with Crippen LogP contribution in [0.5, 0.6) is 0 Å². The van der Waals surface area contributed by atoms with Crippen LogP contribution in [0.25, 0.3) is 0 Å². The number of ether oxygens (including phenoxy) is 1. The van der Waals surface area contributed by atoms with Crippen LogP contribution in [0.2, 0.25) is 0 Å². The van der Waals surface area contributed by atoms with Gasteiger partial charge < -0.3 is 4.74 Å². The van der Waals surface area contributed by atoms with Gasteiger partial charge in [0.1, 0.15) is 6.10 Å². The van der Waals surface area contributed by atoms with Crippen LogP contribution in [-0.4, -0.2) is 60.4 Å². The first kappa shape index (κ1) is 14.9. The van der Waals surface area contributed by atoms with Gasteiger partial charge in [0.2, 0.25) is 0 Å².